The maximum atomic E-state index is 12.8. The Balaban J connectivity index is 0.000000359. The van der Waals surface area contributed by atoms with Crippen molar-refractivity contribution in [3.05, 3.63) is 0 Å². The molecule has 23 heteroatoms. The molecule has 6 saturated heterocycles. The molecule has 6 aliphatic rings. The molecule has 4 atom stereocenters. The van der Waals surface area contributed by atoms with Crippen molar-refractivity contribution in [2.45, 2.75) is 194 Å². The topological polar surface area (TPSA) is 245 Å². The second-order valence-electron chi connectivity index (χ2n) is 20.5. The molecular weight excluding hydrogens is 951 g/mol. The van der Waals surface area contributed by atoms with Gasteiger partial charge in [-0.2, -0.15) is 18.5 Å². The quantitative estimate of drug-likeness (QED) is 0.0924. The number of Topliss-reactive ketones (excluding diaryl/α,β-unsaturated/α-hetero) is 2. The van der Waals surface area contributed by atoms with E-state index in [2.05, 4.69) is 78.1 Å². The molecular formula is C47H85N7O14S2. The van der Waals surface area contributed by atoms with Gasteiger partial charge in [-0.1, -0.05) is 53.4 Å². The normalized spacial score (nSPS) is 22.4. The number of likely N-dealkylation sites (tertiary alicyclic amines) is 1. The predicted octanol–water partition coefficient (Wildman–Crippen LogP) is 3.66. The average molecular weight is 1040 g/mol. The van der Waals surface area contributed by atoms with Crippen molar-refractivity contribution in [1.82, 2.24) is 24.8 Å². The molecule has 0 radical (unpaired) electrons. The number of nitrogens with two attached hydrogens (primary N) is 1. The van der Waals surface area contributed by atoms with Crippen molar-refractivity contribution in [1.29, 1.82) is 0 Å². The first-order valence-corrected chi connectivity index (χ1v) is 26.5. The number of hydrogen-bond acceptors (Lipinski definition) is 16. The van der Waals surface area contributed by atoms with E-state index in [1.165, 1.54) is 91.8 Å². The minimum Gasteiger partial charge on any atom is -0.690 e. The van der Waals surface area contributed by atoms with Crippen molar-refractivity contribution < 1.29 is 77.5 Å². The molecule has 0 saturated carbocycles. The van der Waals surface area contributed by atoms with Crippen LogP contribution in [0.3, 0.4) is 0 Å². The van der Waals surface area contributed by atoms with Gasteiger partial charge in [0.05, 0.1) is 63.4 Å². The number of fused-ring (bicyclic) bond motifs is 4. The highest BCUT2D eigenvalue weighted by molar-refractivity contribution is 7.44. The Morgan fingerprint density at radius 1 is 0.614 bits per heavy atom. The number of urea groups is 2. The molecule has 6 heterocycles. The number of ether oxygens (including phenoxy) is 1. The molecule has 0 aromatic carbocycles. The average Bonchev–Trinajstić information content (AvgIpc) is 3.74. The highest BCUT2D eigenvalue weighted by Gasteiger charge is 2.49. The van der Waals surface area contributed by atoms with Crippen LogP contribution in [0.15, 0.2) is 0 Å². The molecule has 0 aliphatic carbocycles. The standard InChI is InChI=1S/C18H29N3O7.C16H36N.C13H21N3O5.2OS/c1-18(2,3)26-17(24)19-8-6-12(7-9-19)10-15(22)14-5-4-13-11-20(14)16(23)21(13)27-28-25;1-5-9-13-17(14-10-6-2,15-11-7-3)16-12-8-4;17-12(7-9-3-5-14-6-4-9)11-2-1-10-8-15(11)13(18)16(10)20-21-19;2*1-2/h12-14,25H,4-11H2,1-3H3;5-16H2,1-4H3;9-11,14,19H,1-8H2;;/q;+1;;;/p-1/t13-,14?;;10-,11?;;/m1.1../s1. The molecule has 6 fully saturated rings. The number of carbonyl (C=O) groups is 5. The summed E-state index contributed by atoms with van der Waals surface area (Å²) in [5.41, 5.74) is -0.528. The Kier molecular flexibility index (Phi) is 30.2. The minimum absolute atomic E-state index is 0.0207. The van der Waals surface area contributed by atoms with Crippen LogP contribution in [0.2, 0.25) is 0 Å². The lowest BCUT2D eigenvalue weighted by Crippen LogP contribution is -2.86. The lowest BCUT2D eigenvalue weighted by molar-refractivity contribution is -0.929. The molecule has 0 aromatic rings. The highest BCUT2D eigenvalue weighted by Crippen LogP contribution is 2.34. The van der Waals surface area contributed by atoms with Crippen LogP contribution in [0.25, 0.3) is 0 Å². The summed E-state index contributed by atoms with van der Waals surface area (Å²) in [7, 11) is 0. The van der Waals surface area contributed by atoms with E-state index in [1.54, 1.807) is 4.90 Å². The second kappa shape index (κ2) is 33.6. The summed E-state index contributed by atoms with van der Waals surface area (Å²) in [4.78, 5) is 75.4. The maximum absolute atomic E-state index is 12.8. The largest absolute Gasteiger partial charge is 0.690 e. The molecule has 70 heavy (non-hydrogen) atoms. The molecule has 4 bridgehead atoms. The number of rotatable bonds is 22. The van der Waals surface area contributed by atoms with Crippen LogP contribution in [-0.2, 0) is 59.4 Å². The van der Waals surface area contributed by atoms with Crippen molar-refractivity contribution in [3.8, 4) is 0 Å². The van der Waals surface area contributed by atoms with Crippen LogP contribution < -0.4 is 15.8 Å². The summed E-state index contributed by atoms with van der Waals surface area (Å²) in [6.45, 7) is 24.6. The number of hydroxylamine groups is 4. The molecule has 6 rings (SSSR count). The molecule has 0 aromatic heterocycles. The summed E-state index contributed by atoms with van der Waals surface area (Å²) >= 11 is 5.67. The van der Waals surface area contributed by atoms with Gasteiger partial charge in [0.1, 0.15) is 5.60 Å². The van der Waals surface area contributed by atoms with E-state index in [9.17, 15) is 34.5 Å². The zero-order valence-electron chi connectivity index (χ0n) is 43.1. The number of quaternary nitrogens is 2. The van der Waals surface area contributed by atoms with Gasteiger partial charge in [0, 0.05) is 39.0 Å². The number of ketones is 2. The summed E-state index contributed by atoms with van der Waals surface area (Å²) in [5.74, 6) is 0.778. The lowest BCUT2D eigenvalue weighted by atomic mass is 9.87. The summed E-state index contributed by atoms with van der Waals surface area (Å²) in [5, 5.41) is 31.2. The van der Waals surface area contributed by atoms with Gasteiger partial charge < -0.3 is 39.8 Å². The summed E-state index contributed by atoms with van der Waals surface area (Å²) in [6.07, 6.45) is 17.7. The summed E-state index contributed by atoms with van der Waals surface area (Å²) < 4.78 is 22.5. The van der Waals surface area contributed by atoms with Crippen molar-refractivity contribution in [2.24, 2.45) is 11.8 Å². The van der Waals surface area contributed by atoms with E-state index in [4.69, 9.17) is 13.2 Å². The Bertz CT molecular complexity index is 1520. The van der Waals surface area contributed by atoms with Crippen LogP contribution in [0, 0.1) is 11.8 Å². The van der Waals surface area contributed by atoms with Gasteiger partial charge in [-0.05, 0) is 110 Å². The molecule has 6 aliphatic heterocycles. The zero-order valence-corrected chi connectivity index (χ0v) is 44.7. The number of nitrogens with zero attached hydrogens (tertiary/aromatic N) is 6. The van der Waals surface area contributed by atoms with E-state index < -0.39 is 23.7 Å². The van der Waals surface area contributed by atoms with Crippen LogP contribution >= 0.6 is 0 Å². The van der Waals surface area contributed by atoms with E-state index in [0.717, 1.165) is 48.9 Å². The third-order valence-corrected chi connectivity index (χ3v) is 14.4. The Morgan fingerprint density at radius 2 is 0.986 bits per heavy atom. The monoisotopic (exact) mass is 1040 g/mol. The SMILES string of the molecule is CC(C)(C)OC(=O)N1CCC(CC(=O)C2CC[C@@H]3CN2C(=O)N3OO[O-])CC1.CCCC[N+](CCCC)(CCCC)CCCC.O=C(CC1CC[NH2+]CC1)C1CC[C@@H]2CN1C(=O)N2OO[O-].O=S.O=S. The zero-order chi connectivity index (χ0) is 52.3. The van der Waals surface area contributed by atoms with Gasteiger partial charge in [-0.15, -0.1) is 9.98 Å². The maximum Gasteiger partial charge on any atom is 0.410 e. The van der Waals surface area contributed by atoms with E-state index in [0.29, 0.717) is 70.6 Å². The van der Waals surface area contributed by atoms with Crippen LogP contribution in [-0.4, -0.2) is 163 Å². The fourth-order valence-corrected chi connectivity index (χ4v) is 10.5. The minimum atomic E-state index is -0.528. The molecule has 5 amide bonds. The lowest BCUT2D eigenvalue weighted by Gasteiger charge is -2.39. The van der Waals surface area contributed by atoms with E-state index >= 15 is 0 Å². The van der Waals surface area contributed by atoms with Crippen LogP contribution in [0.1, 0.15) is 164 Å². The third-order valence-electron chi connectivity index (χ3n) is 14.4. The first-order valence-electron chi connectivity index (χ1n) is 25.8. The van der Waals surface area contributed by atoms with Gasteiger partial charge in [0.15, 0.2) is 36.6 Å². The number of hydrogen-bond donors (Lipinski definition) is 1. The number of carbonyl (C=O) groups excluding carboxylic acids is 5. The van der Waals surface area contributed by atoms with Crippen LogP contribution in [0.5, 0.6) is 0 Å². The fraction of sp³-hybridized carbons (Fsp3) is 0.894. The van der Waals surface area contributed by atoms with Crippen molar-refractivity contribution >= 4 is 54.8 Å². The third kappa shape index (κ3) is 19.7. The Morgan fingerprint density at radius 3 is 1.33 bits per heavy atom. The number of unbranched alkanes of at least 4 members (excludes halogenated alkanes) is 4. The van der Waals surface area contributed by atoms with Crippen LogP contribution in [0.4, 0.5) is 14.4 Å². The first-order chi connectivity index (χ1) is 33.6. The van der Waals surface area contributed by atoms with E-state index in [-0.39, 0.29) is 41.7 Å². The van der Waals surface area contributed by atoms with Crippen molar-refractivity contribution in [2.75, 3.05) is 65.4 Å². The van der Waals surface area contributed by atoms with Crippen molar-refractivity contribution in [3.63, 3.8) is 0 Å². The van der Waals surface area contributed by atoms with Gasteiger partial charge in [-0.25, -0.2) is 14.4 Å². The smallest absolute Gasteiger partial charge is 0.410 e. The number of amides is 5. The Hall–Kier alpha value is -3.13. The van der Waals surface area contributed by atoms with Gasteiger partial charge in [0.2, 0.25) is 0 Å². The second-order valence-corrected chi connectivity index (χ2v) is 20.5. The van der Waals surface area contributed by atoms with Gasteiger partial charge in [-0.3, -0.25) is 19.7 Å². The van der Waals surface area contributed by atoms with Gasteiger partial charge >= 0.3 is 18.2 Å². The number of piperidine rings is 4. The van der Waals surface area contributed by atoms with E-state index in [1.807, 2.05) is 20.8 Å². The fourth-order valence-electron chi connectivity index (χ4n) is 10.5. The first kappa shape index (κ1) is 63.0. The highest BCUT2D eigenvalue weighted by atomic mass is 32.1. The molecule has 404 valence electrons. The predicted molar refractivity (Wildman–Crippen MR) is 256 cm³/mol. The molecule has 0 spiro atoms. The molecule has 21 nitrogen and oxygen atoms in total. The molecule has 2 N–H and O–H groups in total. The molecule has 2 unspecified atom stereocenters. The summed E-state index contributed by atoms with van der Waals surface area (Å²) in [6, 6.07) is -2.27. The Labute approximate surface area is 426 Å². The van der Waals surface area contributed by atoms with Gasteiger partial charge in [0.25, 0.3) is 0 Å².